The van der Waals surface area contributed by atoms with E-state index in [1.165, 1.54) is 11.3 Å². The number of aliphatic hydroxyl groups excluding tert-OH is 1. The number of likely N-dealkylation sites (N-methyl/N-ethyl adjacent to an activating group) is 1. The quantitative estimate of drug-likeness (QED) is 0.488. The number of hydrogen-bond donors (Lipinski definition) is 1. The number of ketones is 1. The average Bonchev–Trinajstić information content (AvgIpc) is 3.22. The first-order valence-electron chi connectivity index (χ1n) is 8.85. The summed E-state index contributed by atoms with van der Waals surface area (Å²) in [5.74, 6) is -1.27. The summed E-state index contributed by atoms with van der Waals surface area (Å²) in [5, 5.41) is 13.0. The molecule has 2 heterocycles. The van der Waals surface area contributed by atoms with Crippen molar-refractivity contribution >= 4 is 28.8 Å². The van der Waals surface area contributed by atoms with Gasteiger partial charge in [0.25, 0.3) is 11.7 Å². The van der Waals surface area contributed by atoms with Crippen molar-refractivity contribution in [1.29, 1.82) is 0 Å². The first-order chi connectivity index (χ1) is 12.8. The Morgan fingerprint density at radius 2 is 1.96 bits per heavy atom. The largest absolute Gasteiger partial charge is 0.507 e. The van der Waals surface area contributed by atoms with E-state index in [2.05, 4.69) is 0 Å². The molecule has 0 saturated carbocycles. The maximum atomic E-state index is 12.9. The van der Waals surface area contributed by atoms with Gasteiger partial charge in [0.15, 0.2) is 0 Å². The fourth-order valence-corrected chi connectivity index (χ4v) is 4.14. The van der Waals surface area contributed by atoms with Crippen molar-refractivity contribution in [2.45, 2.75) is 19.9 Å². The molecule has 1 N–H and O–H groups in total. The van der Waals surface area contributed by atoms with E-state index in [4.69, 9.17) is 0 Å². The van der Waals surface area contributed by atoms with E-state index in [0.29, 0.717) is 18.7 Å². The molecule has 142 valence electrons. The first kappa shape index (κ1) is 19.3. The molecule has 3 rings (SSSR count). The minimum Gasteiger partial charge on any atom is -0.507 e. The SMILES string of the molecule is Cc1ccc(C)c(C(O)=C2C(=O)C(=O)N(CCN(C)C)C2c2cccs2)c1. The van der Waals surface area contributed by atoms with Gasteiger partial charge in [-0.25, -0.2) is 0 Å². The van der Waals surface area contributed by atoms with Crippen LogP contribution in [0.15, 0.2) is 41.3 Å². The molecular weight excluding hydrogens is 360 g/mol. The molecular formula is C21H24N2O3S. The van der Waals surface area contributed by atoms with Crippen LogP contribution in [0.25, 0.3) is 5.76 Å². The van der Waals surface area contributed by atoms with Crippen LogP contribution in [0.3, 0.4) is 0 Å². The molecule has 27 heavy (non-hydrogen) atoms. The van der Waals surface area contributed by atoms with E-state index >= 15 is 0 Å². The van der Waals surface area contributed by atoms with Crippen LogP contribution in [0.5, 0.6) is 0 Å². The number of thiophene rings is 1. The van der Waals surface area contributed by atoms with Gasteiger partial charge in [-0.3, -0.25) is 9.59 Å². The Hall–Kier alpha value is -2.44. The Kier molecular flexibility index (Phi) is 5.48. The zero-order chi connectivity index (χ0) is 19.7. The van der Waals surface area contributed by atoms with Gasteiger partial charge < -0.3 is 14.9 Å². The van der Waals surface area contributed by atoms with Crippen molar-refractivity contribution in [3.8, 4) is 0 Å². The number of rotatable bonds is 5. The van der Waals surface area contributed by atoms with Crippen molar-refractivity contribution in [2.75, 3.05) is 27.2 Å². The van der Waals surface area contributed by atoms with Gasteiger partial charge in [-0.2, -0.15) is 0 Å². The highest BCUT2D eigenvalue weighted by Gasteiger charge is 2.46. The third-order valence-corrected chi connectivity index (χ3v) is 5.71. The lowest BCUT2D eigenvalue weighted by molar-refractivity contribution is -0.140. The van der Waals surface area contributed by atoms with Gasteiger partial charge >= 0.3 is 0 Å². The number of carbonyl (C=O) groups is 2. The Morgan fingerprint density at radius 1 is 1.22 bits per heavy atom. The zero-order valence-electron chi connectivity index (χ0n) is 16.0. The fourth-order valence-electron chi connectivity index (χ4n) is 3.30. The molecule has 1 aliphatic rings. The number of nitrogens with zero attached hydrogens (tertiary/aromatic N) is 2. The second-order valence-electron chi connectivity index (χ2n) is 7.13. The number of amides is 1. The average molecular weight is 385 g/mol. The number of aryl methyl sites for hydroxylation is 2. The van der Waals surface area contributed by atoms with Crippen LogP contribution in [-0.2, 0) is 9.59 Å². The van der Waals surface area contributed by atoms with Crippen LogP contribution in [0.1, 0.15) is 27.6 Å². The third-order valence-electron chi connectivity index (χ3n) is 4.79. The summed E-state index contributed by atoms with van der Waals surface area (Å²) in [6.07, 6.45) is 0. The summed E-state index contributed by atoms with van der Waals surface area (Å²) in [7, 11) is 3.85. The first-order valence-corrected chi connectivity index (χ1v) is 9.73. The summed E-state index contributed by atoms with van der Waals surface area (Å²) in [5.41, 5.74) is 2.62. The number of aliphatic hydroxyl groups is 1. The van der Waals surface area contributed by atoms with E-state index in [1.807, 2.05) is 68.6 Å². The van der Waals surface area contributed by atoms with Crippen molar-refractivity contribution in [3.63, 3.8) is 0 Å². The van der Waals surface area contributed by atoms with Gasteiger partial charge in [0, 0.05) is 23.5 Å². The summed E-state index contributed by atoms with van der Waals surface area (Å²) in [6.45, 7) is 4.88. The molecule has 1 fully saturated rings. The highest BCUT2D eigenvalue weighted by Crippen LogP contribution is 2.41. The van der Waals surface area contributed by atoms with Crippen molar-refractivity contribution in [1.82, 2.24) is 9.80 Å². The molecule has 1 saturated heterocycles. The minimum atomic E-state index is -0.620. The number of hydrogen-bond acceptors (Lipinski definition) is 5. The zero-order valence-corrected chi connectivity index (χ0v) is 16.8. The van der Waals surface area contributed by atoms with Crippen LogP contribution < -0.4 is 0 Å². The number of benzene rings is 1. The van der Waals surface area contributed by atoms with Crippen LogP contribution >= 0.6 is 11.3 Å². The van der Waals surface area contributed by atoms with E-state index in [9.17, 15) is 14.7 Å². The van der Waals surface area contributed by atoms with Crippen molar-refractivity contribution < 1.29 is 14.7 Å². The summed E-state index contributed by atoms with van der Waals surface area (Å²) >= 11 is 1.48. The molecule has 2 aromatic rings. The summed E-state index contributed by atoms with van der Waals surface area (Å²) in [6, 6.07) is 8.96. The van der Waals surface area contributed by atoms with E-state index in [0.717, 1.165) is 16.0 Å². The molecule has 0 aliphatic carbocycles. The number of carbonyl (C=O) groups excluding carboxylic acids is 2. The monoisotopic (exact) mass is 384 g/mol. The fraction of sp³-hybridized carbons (Fsp3) is 0.333. The van der Waals surface area contributed by atoms with Gasteiger partial charge in [-0.15, -0.1) is 11.3 Å². The van der Waals surface area contributed by atoms with Crippen LogP contribution in [0, 0.1) is 13.8 Å². The second-order valence-corrected chi connectivity index (χ2v) is 8.11. The molecule has 1 atom stereocenters. The highest BCUT2D eigenvalue weighted by molar-refractivity contribution is 7.10. The van der Waals surface area contributed by atoms with Gasteiger partial charge in [-0.1, -0.05) is 23.8 Å². The predicted octanol–water partition coefficient (Wildman–Crippen LogP) is 3.35. The van der Waals surface area contributed by atoms with Gasteiger partial charge in [-0.05, 0) is 51.0 Å². The Morgan fingerprint density at radius 3 is 2.59 bits per heavy atom. The van der Waals surface area contributed by atoms with E-state index in [-0.39, 0.29) is 11.3 Å². The van der Waals surface area contributed by atoms with Gasteiger partial charge in [0.1, 0.15) is 5.76 Å². The van der Waals surface area contributed by atoms with E-state index in [1.54, 1.807) is 4.90 Å². The lowest BCUT2D eigenvalue weighted by atomic mass is 9.96. The number of Topliss-reactive ketones (excluding diaryl/α,β-unsaturated/α-hetero) is 1. The normalized spacial score (nSPS) is 19.3. The molecule has 1 amide bonds. The molecule has 0 bridgehead atoms. The molecule has 5 nitrogen and oxygen atoms in total. The maximum absolute atomic E-state index is 12.9. The molecule has 0 spiro atoms. The standard InChI is InChI=1S/C21H24N2O3S/c1-13-7-8-14(2)15(12-13)19(24)17-18(16-6-5-11-27-16)23(10-9-22(3)4)21(26)20(17)25/h5-8,11-12,18,24H,9-10H2,1-4H3. The maximum Gasteiger partial charge on any atom is 0.295 e. The van der Waals surface area contributed by atoms with Gasteiger partial charge in [0.2, 0.25) is 0 Å². The molecule has 1 aliphatic heterocycles. The second kappa shape index (κ2) is 7.66. The topological polar surface area (TPSA) is 60.9 Å². The molecule has 0 radical (unpaired) electrons. The van der Waals surface area contributed by atoms with Gasteiger partial charge in [0.05, 0.1) is 11.6 Å². The van der Waals surface area contributed by atoms with Crippen LogP contribution in [0.4, 0.5) is 0 Å². The lowest BCUT2D eigenvalue weighted by Crippen LogP contribution is -2.35. The molecule has 1 aromatic carbocycles. The van der Waals surface area contributed by atoms with Crippen molar-refractivity contribution in [3.05, 3.63) is 62.9 Å². The van der Waals surface area contributed by atoms with Crippen molar-refractivity contribution in [2.24, 2.45) is 0 Å². The predicted molar refractivity (Wildman–Crippen MR) is 108 cm³/mol. The van der Waals surface area contributed by atoms with Crippen LogP contribution in [0.2, 0.25) is 0 Å². The van der Waals surface area contributed by atoms with Crippen LogP contribution in [-0.4, -0.2) is 53.8 Å². The molecule has 6 heteroatoms. The smallest absolute Gasteiger partial charge is 0.295 e. The van der Waals surface area contributed by atoms with E-state index < -0.39 is 17.7 Å². The molecule has 1 unspecified atom stereocenters. The molecule has 1 aromatic heterocycles. The number of likely N-dealkylation sites (tertiary alicyclic amines) is 1. The lowest BCUT2D eigenvalue weighted by Gasteiger charge is -2.25. The Bertz CT molecular complexity index is 900. The Balaban J connectivity index is 2.15. The highest BCUT2D eigenvalue weighted by atomic mass is 32.1. The Labute approximate surface area is 163 Å². The summed E-state index contributed by atoms with van der Waals surface area (Å²) in [4.78, 5) is 30.0. The third kappa shape index (κ3) is 3.68. The minimum absolute atomic E-state index is 0.0969. The summed E-state index contributed by atoms with van der Waals surface area (Å²) < 4.78 is 0.